The molecule has 62 valence electrons. The lowest BCUT2D eigenvalue weighted by Crippen LogP contribution is -2.46. The normalized spacial score (nSPS) is 29.6. The highest BCUT2D eigenvalue weighted by molar-refractivity contribution is 4.88. The average Bonchev–Trinajstić information content (AvgIpc) is 1.98. The van der Waals surface area contributed by atoms with E-state index in [0.29, 0.717) is 19.4 Å². The Bertz CT molecular complexity index is 164. The van der Waals surface area contributed by atoms with E-state index >= 15 is 0 Å². The SMILES string of the molecule is CN(CCC#N)C1CCC1F. The van der Waals surface area contributed by atoms with Gasteiger partial charge in [-0.2, -0.15) is 5.26 Å². The van der Waals surface area contributed by atoms with Crippen LogP contribution in [0.4, 0.5) is 4.39 Å². The summed E-state index contributed by atoms with van der Waals surface area (Å²) >= 11 is 0. The maximum absolute atomic E-state index is 12.7. The maximum atomic E-state index is 12.7. The van der Waals surface area contributed by atoms with Crippen molar-refractivity contribution in [2.75, 3.05) is 13.6 Å². The Morgan fingerprint density at radius 1 is 1.64 bits per heavy atom. The third-order valence-electron chi connectivity index (χ3n) is 2.30. The lowest BCUT2D eigenvalue weighted by molar-refractivity contribution is 0.0534. The molecule has 11 heavy (non-hydrogen) atoms. The molecule has 0 saturated heterocycles. The molecule has 0 bridgehead atoms. The van der Waals surface area contributed by atoms with Crippen molar-refractivity contribution in [2.24, 2.45) is 0 Å². The number of hydrogen-bond acceptors (Lipinski definition) is 2. The van der Waals surface area contributed by atoms with Crippen molar-refractivity contribution in [1.29, 1.82) is 5.26 Å². The summed E-state index contributed by atoms with van der Waals surface area (Å²) in [7, 11) is 1.88. The lowest BCUT2D eigenvalue weighted by Gasteiger charge is -2.37. The van der Waals surface area contributed by atoms with E-state index < -0.39 is 6.17 Å². The van der Waals surface area contributed by atoms with Crippen molar-refractivity contribution < 1.29 is 4.39 Å². The lowest BCUT2D eigenvalue weighted by atomic mass is 9.89. The zero-order valence-electron chi connectivity index (χ0n) is 6.76. The van der Waals surface area contributed by atoms with E-state index in [2.05, 4.69) is 6.07 Å². The molecule has 0 heterocycles. The van der Waals surface area contributed by atoms with E-state index in [-0.39, 0.29) is 6.04 Å². The summed E-state index contributed by atoms with van der Waals surface area (Å²) in [5.74, 6) is 0. The van der Waals surface area contributed by atoms with Crippen LogP contribution in [0.2, 0.25) is 0 Å². The molecule has 0 aliphatic heterocycles. The molecule has 0 aromatic rings. The van der Waals surface area contributed by atoms with Gasteiger partial charge in [-0.1, -0.05) is 0 Å². The van der Waals surface area contributed by atoms with Crippen LogP contribution in [-0.4, -0.2) is 30.7 Å². The summed E-state index contributed by atoms with van der Waals surface area (Å²) in [6, 6.07) is 2.14. The summed E-state index contributed by atoms with van der Waals surface area (Å²) in [5, 5.41) is 8.28. The van der Waals surface area contributed by atoms with Crippen LogP contribution in [0.1, 0.15) is 19.3 Å². The molecule has 1 rings (SSSR count). The van der Waals surface area contributed by atoms with E-state index in [0.717, 1.165) is 6.42 Å². The van der Waals surface area contributed by atoms with Crippen molar-refractivity contribution in [1.82, 2.24) is 4.90 Å². The first-order chi connectivity index (χ1) is 5.25. The van der Waals surface area contributed by atoms with E-state index in [4.69, 9.17) is 5.26 Å². The highest BCUT2D eigenvalue weighted by Crippen LogP contribution is 2.27. The molecular formula is C8H13FN2. The van der Waals surface area contributed by atoms with Crippen molar-refractivity contribution >= 4 is 0 Å². The third-order valence-corrected chi connectivity index (χ3v) is 2.30. The molecule has 3 heteroatoms. The summed E-state index contributed by atoms with van der Waals surface area (Å²) in [6.45, 7) is 0.696. The first kappa shape index (κ1) is 8.48. The second kappa shape index (κ2) is 3.68. The number of rotatable bonds is 3. The van der Waals surface area contributed by atoms with Crippen molar-refractivity contribution in [3.63, 3.8) is 0 Å². The van der Waals surface area contributed by atoms with Gasteiger partial charge in [0.1, 0.15) is 6.17 Å². The van der Waals surface area contributed by atoms with Gasteiger partial charge >= 0.3 is 0 Å². The third kappa shape index (κ3) is 1.90. The van der Waals surface area contributed by atoms with E-state index in [1.54, 1.807) is 0 Å². The highest BCUT2D eigenvalue weighted by Gasteiger charge is 2.33. The Hall–Kier alpha value is -0.620. The summed E-state index contributed by atoms with van der Waals surface area (Å²) in [6.07, 6.45) is 1.49. The van der Waals surface area contributed by atoms with Gasteiger partial charge in [-0.3, -0.25) is 4.90 Å². The quantitative estimate of drug-likeness (QED) is 0.616. The fraction of sp³-hybridized carbons (Fsp3) is 0.875. The van der Waals surface area contributed by atoms with Crippen LogP contribution in [0.3, 0.4) is 0 Å². The van der Waals surface area contributed by atoms with Crippen LogP contribution in [0.25, 0.3) is 0 Å². The fourth-order valence-corrected chi connectivity index (χ4v) is 1.33. The van der Waals surface area contributed by atoms with Gasteiger partial charge in [0.2, 0.25) is 0 Å². The fourth-order valence-electron chi connectivity index (χ4n) is 1.33. The van der Waals surface area contributed by atoms with Crippen molar-refractivity contribution in [3.8, 4) is 6.07 Å². The maximum Gasteiger partial charge on any atom is 0.116 e. The van der Waals surface area contributed by atoms with Gasteiger partial charge in [-0.25, -0.2) is 4.39 Å². The molecule has 0 spiro atoms. The van der Waals surface area contributed by atoms with Crippen LogP contribution >= 0.6 is 0 Å². The van der Waals surface area contributed by atoms with Crippen LogP contribution in [0, 0.1) is 11.3 Å². The standard InChI is InChI=1S/C8H13FN2/c1-11(6-2-5-10)8-4-3-7(8)9/h7-8H,2-4,6H2,1H3. The molecule has 2 atom stereocenters. The Balaban J connectivity index is 2.19. The minimum atomic E-state index is -0.654. The molecule has 0 amide bonds. The number of halogens is 1. The molecule has 1 aliphatic rings. The monoisotopic (exact) mass is 156 g/mol. The first-order valence-corrected chi connectivity index (χ1v) is 3.97. The second-order valence-electron chi connectivity index (χ2n) is 3.05. The zero-order valence-corrected chi connectivity index (χ0v) is 6.76. The van der Waals surface area contributed by atoms with E-state index in [9.17, 15) is 4.39 Å². The van der Waals surface area contributed by atoms with Gasteiger partial charge in [0.25, 0.3) is 0 Å². The topological polar surface area (TPSA) is 27.0 Å². The number of alkyl halides is 1. The predicted molar refractivity (Wildman–Crippen MR) is 40.8 cm³/mol. The Kier molecular flexibility index (Phi) is 2.84. The molecule has 1 fully saturated rings. The number of nitriles is 1. The van der Waals surface area contributed by atoms with Crippen LogP contribution in [-0.2, 0) is 0 Å². The van der Waals surface area contributed by atoms with Gasteiger partial charge < -0.3 is 0 Å². The van der Waals surface area contributed by atoms with Crippen LogP contribution < -0.4 is 0 Å². The highest BCUT2D eigenvalue weighted by atomic mass is 19.1. The van der Waals surface area contributed by atoms with Gasteiger partial charge in [-0.05, 0) is 19.9 Å². The largest absolute Gasteiger partial charge is 0.300 e. The number of hydrogen-bond donors (Lipinski definition) is 0. The molecular weight excluding hydrogens is 143 g/mol. The predicted octanol–water partition coefficient (Wildman–Crippen LogP) is 1.33. The Morgan fingerprint density at radius 2 is 2.36 bits per heavy atom. The second-order valence-corrected chi connectivity index (χ2v) is 3.05. The molecule has 1 aliphatic carbocycles. The van der Waals surface area contributed by atoms with Crippen molar-refractivity contribution in [2.45, 2.75) is 31.5 Å². The van der Waals surface area contributed by atoms with E-state index in [1.807, 2.05) is 11.9 Å². The minimum Gasteiger partial charge on any atom is -0.300 e. The molecule has 2 unspecified atom stereocenters. The average molecular weight is 156 g/mol. The summed E-state index contributed by atoms with van der Waals surface area (Å²) in [5.41, 5.74) is 0. The number of nitrogens with zero attached hydrogens (tertiary/aromatic N) is 2. The summed E-state index contributed by atoms with van der Waals surface area (Å²) in [4.78, 5) is 1.94. The van der Waals surface area contributed by atoms with Gasteiger partial charge in [0.05, 0.1) is 6.07 Å². The smallest absolute Gasteiger partial charge is 0.116 e. The Labute approximate surface area is 66.6 Å². The molecule has 1 saturated carbocycles. The molecule has 0 radical (unpaired) electrons. The van der Waals surface area contributed by atoms with Gasteiger partial charge in [-0.15, -0.1) is 0 Å². The Morgan fingerprint density at radius 3 is 2.73 bits per heavy atom. The van der Waals surface area contributed by atoms with Crippen LogP contribution in [0.15, 0.2) is 0 Å². The summed E-state index contributed by atoms with van der Waals surface area (Å²) < 4.78 is 12.7. The molecule has 0 aromatic carbocycles. The minimum absolute atomic E-state index is 0.0864. The van der Waals surface area contributed by atoms with Gasteiger partial charge in [0.15, 0.2) is 0 Å². The zero-order chi connectivity index (χ0) is 8.27. The van der Waals surface area contributed by atoms with Gasteiger partial charge in [0, 0.05) is 19.0 Å². The molecule has 0 aromatic heterocycles. The molecule has 2 nitrogen and oxygen atoms in total. The van der Waals surface area contributed by atoms with Crippen LogP contribution in [0.5, 0.6) is 0 Å². The first-order valence-electron chi connectivity index (χ1n) is 3.97. The van der Waals surface area contributed by atoms with E-state index in [1.165, 1.54) is 0 Å². The molecule has 0 N–H and O–H groups in total. The van der Waals surface area contributed by atoms with Crippen molar-refractivity contribution in [3.05, 3.63) is 0 Å².